The van der Waals surface area contributed by atoms with E-state index < -0.39 is 16.0 Å². The number of carboxylic acid groups (broad SMARTS) is 1. The summed E-state index contributed by atoms with van der Waals surface area (Å²) < 4.78 is 30.4. The molecule has 0 radical (unpaired) electrons. The Hall–Kier alpha value is -1.28. The Kier molecular flexibility index (Phi) is 9.27. The fraction of sp³-hybridized carbons (Fsp3) is 0.438. The zero-order chi connectivity index (χ0) is 18.9. The van der Waals surface area contributed by atoms with Gasteiger partial charge in [-0.2, -0.15) is 4.31 Å². The lowest BCUT2D eigenvalue weighted by Crippen LogP contribution is -2.34. The summed E-state index contributed by atoms with van der Waals surface area (Å²) in [6.07, 6.45) is 5.81. The van der Waals surface area contributed by atoms with Crippen molar-refractivity contribution >= 4 is 39.2 Å². The zero-order valence-electron chi connectivity index (χ0n) is 13.8. The van der Waals surface area contributed by atoms with E-state index in [1.54, 1.807) is 30.4 Å². The van der Waals surface area contributed by atoms with Crippen molar-refractivity contribution in [1.82, 2.24) is 4.31 Å². The quantitative estimate of drug-likeness (QED) is 0.446. The van der Waals surface area contributed by atoms with Gasteiger partial charge in [0.05, 0.1) is 6.26 Å². The zero-order valence-corrected chi connectivity index (χ0v) is 16.1. The maximum absolute atomic E-state index is 11.8. The summed E-state index contributed by atoms with van der Waals surface area (Å²) in [4.78, 5) is 10.4. The minimum Gasteiger partial charge on any atom is -0.492 e. The minimum atomic E-state index is -3.39. The number of rotatable bonds is 11. The Morgan fingerprint density at radius 3 is 2.44 bits per heavy atom. The largest absolute Gasteiger partial charge is 0.492 e. The first-order chi connectivity index (χ1) is 11.7. The molecule has 9 heteroatoms. The van der Waals surface area contributed by atoms with Gasteiger partial charge in [-0.15, -0.1) is 0 Å². The number of carboxylic acids is 1. The van der Waals surface area contributed by atoms with Crippen molar-refractivity contribution in [3.63, 3.8) is 0 Å². The van der Waals surface area contributed by atoms with E-state index >= 15 is 0 Å². The Bertz CT molecular complexity index is 686. The molecule has 0 saturated carbocycles. The summed E-state index contributed by atoms with van der Waals surface area (Å²) in [5.41, 5.74) is 0. The number of nitrogens with zero attached hydrogens (tertiary/aromatic N) is 1. The van der Waals surface area contributed by atoms with Gasteiger partial charge < -0.3 is 9.84 Å². The number of unbranched alkanes of at least 4 members (excludes halogenated alkanes) is 1. The normalized spacial score (nSPS) is 12.0. The van der Waals surface area contributed by atoms with Crippen LogP contribution in [0.4, 0.5) is 0 Å². The molecule has 0 aliphatic rings. The van der Waals surface area contributed by atoms with Crippen molar-refractivity contribution in [1.29, 1.82) is 0 Å². The molecule has 1 N–H and O–H groups in total. The van der Waals surface area contributed by atoms with Gasteiger partial charge >= 0.3 is 5.97 Å². The number of ether oxygens (including phenoxy) is 1. The van der Waals surface area contributed by atoms with Crippen LogP contribution in [0.25, 0.3) is 0 Å². The van der Waals surface area contributed by atoms with Gasteiger partial charge in [0.1, 0.15) is 12.4 Å². The second-order valence-corrected chi connectivity index (χ2v) is 8.19. The van der Waals surface area contributed by atoms with E-state index in [1.165, 1.54) is 4.31 Å². The molecule has 25 heavy (non-hydrogen) atoms. The molecule has 1 aromatic carbocycles. The molecule has 0 heterocycles. The number of hydrogen-bond acceptors (Lipinski definition) is 4. The third kappa shape index (κ3) is 9.69. The fourth-order valence-corrected chi connectivity index (χ4v) is 3.22. The fourth-order valence-electron chi connectivity index (χ4n) is 1.95. The van der Waals surface area contributed by atoms with E-state index in [0.29, 0.717) is 28.6 Å². The van der Waals surface area contributed by atoms with Crippen molar-refractivity contribution in [3.8, 4) is 5.75 Å². The van der Waals surface area contributed by atoms with Gasteiger partial charge in [0.15, 0.2) is 0 Å². The van der Waals surface area contributed by atoms with Gasteiger partial charge in [-0.3, -0.25) is 4.79 Å². The van der Waals surface area contributed by atoms with Gasteiger partial charge in [-0.25, -0.2) is 8.42 Å². The molecule has 0 aliphatic heterocycles. The smallest absolute Gasteiger partial charge is 0.303 e. The van der Waals surface area contributed by atoms with Crippen LogP contribution >= 0.6 is 23.2 Å². The highest BCUT2D eigenvalue weighted by Crippen LogP contribution is 2.24. The summed E-state index contributed by atoms with van der Waals surface area (Å²) in [5.74, 6) is -0.375. The molecule has 0 aliphatic carbocycles. The van der Waals surface area contributed by atoms with Crippen molar-refractivity contribution < 1.29 is 23.1 Å². The number of benzene rings is 1. The maximum atomic E-state index is 11.8. The molecule has 140 valence electrons. The summed E-state index contributed by atoms with van der Waals surface area (Å²) in [7, 11) is -3.39. The van der Waals surface area contributed by atoms with Gasteiger partial charge in [-0.1, -0.05) is 35.4 Å². The van der Waals surface area contributed by atoms with Crippen LogP contribution in [0.5, 0.6) is 5.75 Å². The van der Waals surface area contributed by atoms with Crippen molar-refractivity contribution in [2.45, 2.75) is 19.3 Å². The third-order valence-corrected chi connectivity index (χ3v) is 4.86. The molecule has 0 saturated heterocycles. The number of carbonyl (C=O) groups is 1. The topological polar surface area (TPSA) is 83.9 Å². The lowest BCUT2D eigenvalue weighted by atomic mass is 10.2. The molecule has 1 rings (SSSR count). The summed E-state index contributed by atoms with van der Waals surface area (Å²) in [6, 6.07) is 4.77. The van der Waals surface area contributed by atoms with Crippen LogP contribution in [-0.2, 0) is 14.8 Å². The number of halogens is 2. The van der Waals surface area contributed by atoms with Crippen LogP contribution in [0.15, 0.2) is 30.4 Å². The van der Waals surface area contributed by atoms with Crippen LogP contribution in [0.3, 0.4) is 0 Å². The van der Waals surface area contributed by atoms with Gasteiger partial charge in [0.2, 0.25) is 10.0 Å². The Balaban J connectivity index is 2.48. The lowest BCUT2D eigenvalue weighted by molar-refractivity contribution is -0.137. The number of hydrogen-bond donors (Lipinski definition) is 1. The third-order valence-electron chi connectivity index (χ3n) is 3.15. The Morgan fingerprint density at radius 2 is 1.88 bits per heavy atom. The minimum absolute atomic E-state index is 0.0934. The molecule has 0 unspecified atom stereocenters. The van der Waals surface area contributed by atoms with E-state index in [0.717, 1.165) is 6.26 Å². The Labute approximate surface area is 158 Å². The van der Waals surface area contributed by atoms with Gasteiger partial charge in [0, 0.05) is 29.6 Å². The highest BCUT2D eigenvalue weighted by molar-refractivity contribution is 7.88. The van der Waals surface area contributed by atoms with Gasteiger partial charge in [0.25, 0.3) is 0 Å². The van der Waals surface area contributed by atoms with E-state index in [1.807, 2.05) is 0 Å². The van der Waals surface area contributed by atoms with E-state index in [9.17, 15) is 13.2 Å². The van der Waals surface area contributed by atoms with Crippen molar-refractivity contribution in [3.05, 3.63) is 40.4 Å². The van der Waals surface area contributed by atoms with Crippen LogP contribution in [-0.4, -0.2) is 49.8 Å². The molecule has 0 fully saturated rings. The predicted octanol–water partition coefficient (Wildman–Crippen LogP) is 3.44. The molecule has 0 bridgehead atoms. The first-order valence-corrected chi connectivity index (χ1v) is 10.2. The highest BCUT2D eigenvalue weighted by atomic mass is 35.5. The van der Waals surface area contributed by atoms with E-state index in [-0.39, 0.29) is 26.1 Å². The molecule has 0 amide bonds. The molecular weight excluding hydrogens is 389 g/mol. The SMILES string of the molecule is CS(=O)(=O)N(C/C=C/CCCC(=O)O)CCOc1cc(Cl)cc(Cl)c1. The van der Waals surface area contributed by atoms with Crippen LogP contribution < -0.4 is 4.74 Å². The number of allylic oxidation sites excluding steroid dienone is 1. The first kappa shape index (κ1) is 21.8. The second kappa shape index (κ2) is 10.7. The Morgan fingerprint density at radius 1 is 1.24 bits per heavy atom. The molecule has 0 spiro atoms. The average Bonchev–Trinajstić information content (AvgIpc) is 2.46. The van der Waals surface area contributed by atoms with Crippen LogP contribution in [0, 0.1) is 0 Å². The van der Waals surface area contributed by atoms with E-state index in [2.05, 4.69) is 0 Å². The van der Waals surface area contributed by atoms with Crippen molar-refractivity contribution in [2.75, 3.05) is 26.0 Å². The molecular formula is C16H21Cl2NO5S. The number of sulfonamides is 1. The average molecular weight is 410 g/mol. The van der Waals surface area contributed by atoms with E-state index in [4.69, 9.17) is 33.0 Å². The van der Waals surface area contributed by atoms with Crippen molar-refractivity contribution in [2.24, 2.45) is 0 Å². The molecule has 6 nitrogen and oxygen atoms in total. The lowest BCUT2D eigenvalue weighted by Gasteiger charge is -2.18. The second-order valence-electron chi connectivity index (χ2n) is 5.33. The van der Waals surface area contributed by atoms with Gasteiger partial charge in [-0.05, 0) is 31.0 Å². The van der Waals surface area contributed by atoms with Crippen LogP contribution in [0.1, 0.15) is 19.3 Å². The monoisotopic (exact) mass is 409 g/mol. The number of aliphatic carboxylic acids is 1. The van der Waals surface area contributed by atoms with Crippen LogP contribution in [0.2, 0.25) is 10.0 Å². The summed E-state index contributed by atoms with van der Waals surface area (Å²) in [5, 5.41) is 9.42. The standard InChI is InChI=1S/C16H21Cl2NO5S/c1-25(22,23)19(7-5-3-2-4-6-16(20)21)8-9-24-15-11-13(17)10-14(18)12-15/h3,5,10-12H,2,4,6-9H2,1H3,(H,20,21)/b5-3+. The predicted molar refractivity (Wildman–Crippen MR) is 99.0 cm³/mol. The maximum Gasteiger partial charge on any atom is 0.303 e. The molecule has 1 aromatic rings. The highest BCUT2D eigenvalue weighted by Gasteiger charge is 2.15. The summed E-state index contributed by atoms with van der Waals surface area (Å²) in [6.45, 7) is 0.518. The molecule has 0 aromatic heterocycles. The molecule has 0 atom stereocenters. The summed E-state index contributed by atoms with van der Waals surface area (Å²) >= 11 is 11.8. The first-order valence-electron chi connectivity index (χ1n) is 7.59.